The van der Waals surface area contributed by atoms with E-state index in [1.165, 1.54) is 0 Å². The lowest BCUT2D eigenvalue weighted by atomic mass is 9.79. The van der Waals surface area contributed by atoms with Crippen LogP contribution in [0.3, 0.4) is 0 Å². The highest BCUT2D eigenvalue weighted by atomic mass is 16.4. The Morgan fingerprint density at radius 1 is 1.30 bits per heavy atom. The van der Waals surface area contributed by atoms with Crippen LogP contribution in [0.1, 0.15) is 40.5 Å². The first-order valence-electron chi connectivity index (χ1n) is 7.24. The molecule has 0 bridgehead atoms. The minimum atomic E-state index is -0.911. The number of hydrogen-bond donors (Lipinski definition) is 2. The van der Waals surface area contributed by atoms with E-state index in [9.17, 15) is 4.79 Å². The molecule has 0 aliphatic heterocycles. The molecular formula is C14H30N4O2. The fraction of sp³-hybridized carbons (Fsp3) is 0.857. The van der Waals surface area contributed by atoms with Gasteiger partial charge in [0.25, 0.3) is 0 Å². The molecule has 0 aromatic rings. The van der Waals surface area contributed by atoms with Gasteiger partial charge in [0.15, 0.2) is 5.84 Å². The molecule has 0 aromatic carbocycles. The Hall–Kier alpha value is -1.30. The molecule has 0 saturated heterocycles. The summed E-state index contributed by atoms with van der Waals surface area (Å²) >= 11 is 0. The largest absolute Gasteiger partial charge is 0.409 e. The fourth-order valence-electron chi connectivity index (χ4n) is 2.68. The Kier molecular flexibility index (Phi) is 7.57. The van der Waals surface area contributed by atoms with Crippen LogP contribution in [-0.4, -0.2) is 60.0 Å². The summed E-state index contributed by atoms with van der Waals surface area (Å²) in [5.41, 5.74) is 4.90. The van der Waals surface area contributed by atoms with Crippen LogP contribution in [0.2, 0.25) is 0 Å². The third-order valence-electron chi connectivity index (χ3n) is 3.98. The average molecular weight is 286 g/mol. The lowest BCUT2D eigenvalue weighted by molar-refractivity contribution is -0.141. The second-order valence-corrected chi connectivity index (χ2v) is 5.48. The van der Waals surface area contributed by atoms with Crippen molar-refractivity contribution in [1.29, 1.82) is 0 Å². The zero-order chi connectivity index (χ0) is 15.9. The molecule has 0 rings (SSSR count). The predicted molar refractivity (Wildman–Crippen MR) is 81.8 cm³/mol. The number of likely N-dealkylation sites (N-methyl/N-ethyl adjacent to an activating group) is 2. The molecule has 0 spiro atoms. The Morgan fingerprint density at radius 3 is 2.10 bits per heavy atom. The SMILES string of the molecule is CCN(C(=O)C(CC)(CC)C(N)=NO)C(C)CN(C)C. The third-order valence-corrected chi connectivity index (χ3v) is 3.98. The molecule has 0 aromatic heterocycles. The normalized spacial score (nSPS) is 14.4. The average Bonchev–Trinajstić information content (AvgIpc) is 2.40. The number of nitrogens with zero attached hydrogens (tertiary/aromatic N) is 3. The van der Waals surface area contributed by atoms with E-state index in [4.69, 9.17) is 10.9 Å². The maximum Gasteiger partial charge on any atom is 0.236 e. The lowest BCUT2D eigenvalue weighted by Crippen LogP contribution is -2.54. The molecule has 0 heterocycles. The van der Waals surface area contributed by atoms with Crippen molar-refractivity contribution in [2.24, 2.45) is 16.3 Å². The summed E-state index contributed by atoms with van der Waals surface area (Å²) in [6.07, 6.45) is 1.03. The van der Waals surface area contributed by atoms with Gasteiger partial charge in [-0.3, -0.25) is 4.79 Å². The van der Waals surface area contributed by atoms with Crippen LogP contribution < -0.4 is 5.73 Å². The summed E-state index contributed by atoms with van der Waals surface area (Å²) in [5.74, 6) is -0.0577. The van der Waals surface area contributed by atoms with Gasteiger partial charge in [0.2, 0.25) is 5.91 Å². The highest BCUT2D eigenvalue weighted by Gasteiger charge is 2.43. The Bertz CT molecular complexity index is 338. The first-order chi connectivity index (χ1) is 9.30. The number of nitrogens with two attached hydrogens (primary N) is 1. The number of rotatable bonds is 8. The molecule has 0 saturated carbocycles. The van der Waals surface area contributed by atoms with Crippen molar-refractivity contribution < 1.29 is 10.0 Å². The summed E-state index contributed by atoms with van der Waals surface area (Å²) in [6, 6.07) is 0.0754. The number of carbonyl (C=O) groups excluding carboxylic acids is 1. The monoisotopic (exact) mass is 286 g/mol. The standard InChI is InChI=1S/C14H30N4O2/c1-7-14(8-2,12(15)16-20)13(19)18(9-3)11(4)10-17(5)6/h11,20H,7-10H2,1-6H3,(H2,15,16). The summed E-state index contributed by atoms with van der Waals surface area (Å²) in [5, 5.41) is 12.1. The number of carbonyl (C=O) groups is 1. The number of amides is 1. The quantitative estimate of drug-likeness (QED) is 0.305. The van der Waals surface area contributed by atoms with Crippen LogP contribution in [0, 0.1) is 5.41 Å². The smallest absolute Gasteiger partial charge is 0.236 e. The van der Waals surface area contributed by atoms with E-state index < -0.39 is 5.41 Å². The topological polar surface area (TPSA) is 82.2 Å². The highest BCUT2D eigenvalue weighted by molar-refractivity contribution is 6.06. The molecule has 1 amide bonds. The second kappa shape index (κ2) is 8.09. The molecule has 1 unspecified atom stereocenters. The van der Waals surface area contributed by atoms with Crippen molar-refractivity contribution in [3.63, 3.8) is 0 Å². The van der Waals surface area contributed by atoms with Gasteiger partial charge in [-0.05, 0) is 40.8 Å². The number of hydrogen-bond acceptors (Lipinski definition) is 4. The fourth-order valence-corrected chi connectivity index (χ4v) is 2.68. The van der Waals surface area contributed by atoms with Gasteiger partial charge in [0.1, 0.15) is 5.41 Å². The van der Waals surface area contributed by atoms with Crippen molar-refractivity contribution in [2.45, 2.75) is 46.6 Å². The van der Waals surface area contributed by atoms with Gasteiger partial charge in [-0.1, -0.05) is 19.0 Å². The Balaban J connectivity index is 5.41. The maximum absolute atomic E-state index is 12.9. The van der Waals surface area contributed by atoms with Crippen molar-refractivity contribution in [1.82, 2.24) is 9.80 Å². The van der Waals surface area contributed by atoms with E-state index in [0.717, 1.165) is 6.54 Å². The molecule has 118 valence electrons. The van der Waals surface area contributed by atoms with Crippen LogP contribution in [0.15, 0.2) is 5.16 Å². The predicted octanol–water partition coefficient (Wildman–Crippen LogP) is 1.34. The van der Waals surface area contributed by atoms with Crippen LogP contribution in [0.4, 0.5) is 0 Å². The molecule has 20 heavy (non-hydrogen) atoms. The molecular weight excluding hydrogens is 256 g/mol. The first-order valence-corrected chi connectivity index (χ1v) is 7.24. The van der Waals surface area contributed by atoms with E-state index in [1.54, 1.807) is 0 Å². The van der Waals surface area contributed by atoms with Gasteiger partial charge < -0.3 is 20.7 Å². The highest BCUT2D eigenvalue weighted by Crippen LogP contribution is 2.30. The van der Waals surface area contributed by atoms with Crippen molar-refractivity contribution >= 4 is 11.7 Å². The summed E-state index contributed by atoms with van der Waals surface area (Å²) in [4.78, 5) is 16.8. The second-order valence-electron chi connectivity index (χ2n) is 5.48. The first kappa shape index (κ1) is 18.7. The van der Waals surface area contributed by atoms with Crippen molar-refractivity contribution in [3.8, 4) is 0 Å². The molecule has 0 radical (unpaired) electrons. The minimum Gasteiger partial charge on any atom is -0.409 e. The van der Waals surface area contributed by atoms with E-state index >= 15 is 0 Å². The molecule has 0 aliphatic rings. The van der Waals surface area contributed by atoms with Gasteiger partial charge in [0.05, 0.1) is 0 Å². The van der Waals surface area contributed by atoms with E-state index in [0.29, 0.717) is 19.4 Å². The number of amidine groups is 1. The van der Waals surface area contributed by atoms with Crippen molar-refractivity contribution in [2.75, 3.05) is 27.2 Å². The molecule has 0 fully saturated rings. The molecule has 6 heteroatoms. The zero-order valence-electron chi connectivity index (χ0n) is 13.7. The van der Waals surface area contributed by atoms with Crippen LogP contribution in [0.25, 0.3) is 0 Å². The molecule has 0 aliphatic carbocycles. The zero-order valence-corrected chi connectivity index (χ0v) is 13.7. The van der Waals surface area contributed by atoms with Gasteiger partial charge in [-0.25, -0.2) is 0 Å². The van der Waals surface area contributed by atoms with Gasteiger partial charge in [-0.15, -0.1) is 0 Å². The van der Waals surface area contributed by atoms with E-state index in [1.807, 2.05) is 51.6 Å². The third kappa shape index (κ3) is 3.85. The van der Waals surface area contributed by atoms with Crippen molar-refractivity contribution in [3.05, 3.63) is 0 Å². The number of oxime groups is 1. The Labute approximate surface area is 122 Å². The lowest BCUT2D eigenvalue weighted by Gasteiger charge is -2.38. The maximum atomic E-state index is 12.9. The molecule has 3 N–H and O–H groups in total. The van der Waals surface area contributed by atoms with Crippen LogP contribution >= 0.6 is 0 Å². The van der Waals surface area contributed by atoms with Crippen LogP contribution in [-0.2, 0) is 4.79 Å². The molecule has 6 nitrogen and oxygen atoms in total. The summed E-state index contributed by atoms with van der Waals surface area (Å²) < 4.78 is 0. The van der Waals surface area contributed by atoms with Gasteiger partial charge >= 0.3 is 0 Å². The van der Waals surface area contributed by atoms with Gasteiger partial charge in [-0.2, -0.15) is 0 Å². The minimum absolute atomic E-state index is 0.00278. The summed E-state index contributed by atoms with van der Waals surface area (Å²) in [6.45, 7) is 9.14. The summed E-state index contributed by atoms with van der Waals surface area (Å²) in [7, 11) is 3.95. The molecule has 1 atom stereocenters. The van der Waals surface area contributed by atoms with Gasteiger partial charge in [0, 0.05) is 19.1 Å². The van der Waals surface area contributed by atoms with E-state index in [2.05, 4.69) is 5.16 Å². The van der Waals surface area contributed by atoms with Crippen LogP contribution in [0.5, 0.6) is 0 Å². The van der Waals surface area contributed by atoms with E-state index in [-0.39, 0.29) is 17.8 Å². The Morgan fingerprint density at radius 2 is 1.80 bits per heavy atom.